The SMILES string of the molecule is CCC(C)c1ccc(-c2cccc3[cH-]c(C)cc23)cc1.CCc1cc2c(-c3ccc(C(C)CC)cc3)cccc2[cH-]1.C[Si](C)=[Zr+2].[Cl-].[Cl-]. The van der Waals surface area contributed by atoms with Gasteiger partial charge in [-0.2, -0.15) is 12.1 Å². The third-order valence-corrected chi connectivity index (χ3v) is 8.92. The molecule has 0 N–H and O–H groups in total. The van der Waals surface area contributed by atoms with Gasteiger partial charge in [0.2, 0.25) is 0 Å². The van der Waals surface area contributed by atoms with E-state index in [1.807, 2.05) is 0 Å². The van der Waals surface area contributed by atoms with Crippen molar-refractivity contribution in [3.05, 3.63) is 131 Å². The molecule has 0 aliphatic carbocycles. The molecule has 4 heteroatoms. The van der Waals surface area contributed by atoms with Crippen molar-refractivity contribution in [1.29, 1.82) is 0 Å². The molecule has 0 nitrogen and oxygen atoms in total. The number of rotatable bonds is 7. The quantitative estimate of drug-likeness (QED) is 0.120. The van der Waals surface area contributed by atoms with Gasteiger partial charge < -0.3 is 24.8 Å². The van der Waals surface area contributed by atoms with E-state index in [4.69, 9.17) is 0 Å². The Morgan fingerprint density at radius 1 is 0.617 bits per heavy atom. The average Bonchev–Trinajstić information content (AvgIpc) is 3.66. The summed E-state index contributed by atoms with van der Waals surface area (Å²) in [6, 6.07) is 40.6. The fraction of sp³-hybridized carbons (Fsp3) is 0.302. The van der Waals surface area contributed by atoms with Crippen LogP contribution in [0.4, 0.5) is 0 Å². The Morgan fingerprint density at radius 2 is 1.02 bits per heavy atom. The number of benzene rings is 4. The molecule has 0 heterocycles. The van der Waals surface area contributed by atoms with Gasteiger partial charge in [0, 0.05) is 0 Å². The summed E-state index contributed by atoms with van der Waals surface area (Å²) in [5.41, 5.74) is 11.2. The molecule has 0 bridgehead atoms. The van der Waals surface area contributed by atoms with Crippen molar-refractivity contribution in [2.75, 3.05) is 0 Å². The Balaban J connectivity index is 0.000000283. The van der Waals surface area contributed by atoms with Gasteiger partial charge in [-0.25, -0.2) is 0 Å². The molecule has 2 unspecified atom stereocenters. The monoisotopic (exact) mass is 754 g/mol. The van der Waals surface area contributed by atoms with E-state index in [0.717, 1.165) is 6.42 Å². The predicted molar refractivity (Wildman–Crippen MR) is 199 cm³/mol. The van der Waals surface area contributed by atoms with Crippen LogP contribution < -0.4 is 24.8 Å². The summed E-state index contributed by atoms with van der Waals surface area (Å²) >= 11 is 1.74. The second kappa shape index (κ2) is 19.7. The molecule has 2 atom stereocenters. The smallest absolute Gasteiger partial charge is 1.00 e. The molecule has 6 aromatic carbocycles. The van der Waals surface area contributed by atoms with E-state index in [0.29, 0.717) is 11.8 Å². The van der Waals surface area contributed by atoms with Crippen molar-refractivity contribution in [2.45, 2.75) is 85.7 Å². The van der Waals surface area contributed by atoms with Crippen LogP contribution in [-0.2, 0) is 29.8 Å². The van der Waals surface area contributed by atoms with Crippen molar-refractivity contribution in [2.24, 2.45) is 0 Å². The molecular weight excluding hydrogens is 707 g/mol. The first-order chi connectivity index (χ1) is 21.6. The van der Waals surface area contributed by atoms with Gasteiger partial charge in [0.15, 0.2) is 0 Å². The maximum absolute atomic E-state index is 2.34. The molecule has 0 saturated heterocycles. The maximum Gasteiger partial charge on any atom is -1.00 e. The zero-order chi connectivity index (χ0) is 32.5. The molecular formula is C43H50Cl2SiZr-2. The fourth-order valence-electron chi connectivity index (χ4n) is 5.84. The standard InChI is InChI=1S/C21H23.C20H21.C2H6Si.2ClH.Zr/c1-4-15(3)17-9-11-18(12-10-17)20-8-6-7-19-13-16(5-2)14-21(19)20;1-4-15(3)16-8-10-17(11-9-16)19-7-5-6-18-12-14(2)13-20(18)19;1-3-2;;;/h6-15H,4-5H2,1-3H3;5-13,15H,4H2,1-3H3;1-2H3;2*1H;/q2*-1;;;;+2/p-2. The molecule has 0 aliphatic heterocycles. The zero-order valence-electron chi connectivity index (χ0n) is 29.4. The Hall–Kier alpha value is -2.22. The van der Waals surface area contributed by atoms with Crippen LogP contribution in [0.2, 0.25) is 13.1 Å². The zero-order valence-corrected chi connectivity index (χ0v) is 34.4. The van der Waals surface area contributed by atoms with Gasteiger partial charge in [-0.3, -0.25) is 0 Å². The topological polar surface area (TPSA) is 0 Å². The third kappa shape index (κ3) is 10.9. The van der Waals surface area contributed by atoms with Crippen LogP contribution in [0.15, 0.2) is 109 Å². The summed E-state index contributed by atoms with van der Waals surface area (Å²) in [7, 11) is 0. The first-order valence-electron chi connectivity index (χ1n) is 16.7. The molecule has 6 rings (SSSR count). The van der Waals surface area contributed by atoms with Gasteiger partial charge in [-0.05, 0) is 53.4 Å². The Kier molecular flexibility index (Phi) is 17.2. The van der Waals surface area contributed by atoms with Crippen LogP contribution in [0, 0.1) is 6.92 Å². The van der Waals surface area contributed by atoms with Crippen molar-refractivity contribution in [3.63, 3.8) is 0 Å². The van der Waals surface area contributed by atoms with Gasteiger partial charge >= 0.3 is 41.9 Å². The van der Waals surface area contributed by atoms with Crippen LogP contribution in [-0.4, -0.2) is 5.43 Å². The van der Waals surface area contributed by atoms with Crippen LogP contribution >= 0.6 is 0 Å². The Labute approximate surface area is 312 Å². The van der Waals surface area contributed by atoms with Crippen molar-refractivity contribution in [3.8, 4) is 22.3 Å². The second-order valence-corrected chi connectivity index (χ2v) is 22.1. The van der Waals surface area contributed by atoms with Crippen LogP contribution in [0.3, 0.4) is 0 Å². The minimum atomic E-state index is 0. The number of hydrogen-bond acceptors (Lipinski definition) is 0. The summed E-state index contributed by atoms with van der Waals surface area (Å²) in [6.45, 7) is 18.1. The number of halogens is 2. The van der Waals surface area contributed by atoms with Gasteiger partial charge in [0.25, 0.3) is 0 Å². The van der Waals surface area contributed by atoms with Crippen molar-refractivity contribution >= 4 is 27.0 Å². The molecule has 47 heavy (non-hydrogen) atoms. The van der Waals surface area contributed by atoms with Crippen LogP contribution in [0.25, 0.3) is 43.8 Å². The van der Waals surface area contributed by atoms with E-state index in [-0.39, 0.29) is 30.2 Å². The molecule has 0 saturated carbocycles. The number of hydrogen-bond donors (Lipinski definition) is 0. The molecule has 0 aromatic heterocycles. The summed E-state index contributed by atoms with van der Waals surface area (Å²) in [6.07, 6.45) is 3.48. The first kappa shape index (κ1) is 41.0. The molecule has 0 aliphatic rings. The summed E-state index contributed by atoms with van der Waals surface area (Å²) in [5, 5.41) is 5.44. The van der Waals surface area contributed by atoms with E-state index in [1.54, 1.807) is 23.3 Å². The van der Waals surface area contributed by atoms with Crippen LogP contribution in [0.1, 0.15) is 81.5 Å². The third-order valence-electron chi connectivity index (χ3n) is 8.92. The number of aryl methyl sites for hydroxylation is 2. The minimum absolute atomic E-state index is 0. The van der Waals surface area contributed by atoms with Crippen molar-refractivity contribution < 1.29 is 48.1 Å². The van der Waals surface area contributed by atoms with E-state index in [9.17, 15) is 0 Å². The van der Waals surface area contributed by atoms with Crippen molar-refractivity contribution in [1.82, 2.24) is 0 Å². The molecule has 0 radical (unpaired) electrons. The normalized spacial score (nSPS) is 11.7. The van der Waals surface area contributed by atoms with Gasteiger partial charge in [-0.1, -0.05) is 113 Å². The second-order valence-electron chi connectivity index (χ2n) is 12.7. The van der Waals surface area contributed by atoms with E-state index in [1.165, 1.54) is 78.9 Å². The van der Waals surface area contributed by atoms with E-state index < -0.39 is 0 Å². The fourth-order valence-corrected chi connectivity index (χ4v) is 5.84. The predicted octanol–water partition coefficient (Wildman–Crippen LogP) is 7.14. The summed E-state index contributed by atoms with van der Waals surface area (Å²) in [4.78, 5) is 0. The number of fused-ring (bicyclic) bond motifs is 2. The Morgan fingerprint density at radius 3 is 1.43 bits per heavy atom. The van der Waals surface area contributed by atoms with Gasteiger partial charge in [0.1, 0.15) is 0 Å². The molecule has 0 spiro atoms. The molecule has 0 amide bonds. The van der Waals surface area contributed by atoms with Crippen LogP contribution in [0.5, 0.6) is 0 Å². The molecule has 6 aromatic rings. The molecule has 0 fully saturated rings. The molecule has 246 valence electrons. The first-order valence-corrected chi connectivity index (χ1v) is 22.9. The average molecular weight is 757 g/mol. The maximum atomic E-state index is 2.34. The summed E-state index contributed by atoms with van der Waals surface area (Å²) in [5.74, 6) is 1.28. The van der Waals surface area contributed by atoms with E-state index in [2.05, 4.69) is 164 Å². The van der Waals surface area contributed by atoms with Gasteiger partial charge in [0.05, 0.1) is 0 Å². The summed E-state index contributed by atoms with van der Waals surface area (Å²) < 4.78 is 0. The largest absolute Gasteiger partial charge is 1.00 e. The minimum Gasteiger partial charge on any atom is -1.00 e. The van der Waals surface area contributed by atoms with E-state index >= 15 is 0 Å². The Bertz CT molecular complexity index is 1820. The van der Waals surface area contributed by atoms with Gasteiger partial charge in [-0.15, -0.1) is 69.1 Å².